The van der Waals surface area contributed by atoms with Crippen LogP contribution in [0.2, 0.25) is 0 Å². The molecule has 0 aliphatic carbocycles. The quantitative estimate of drug-likeness (QED) is 0.714. The summed E-state index contributed by atoms with van der Waals surface area (Å²) < 4.78 is 0. The summed E-state index contributed by atoms with van der Waals surface area (Å²) in [5.41, 5.74) is 1.05. The number of aliphatic hydroxyl groups is 1. The Balaban J connectivity index is 2.28. The number of aryl methyl sites for hydroxylation is 2. The fraction of sp³-hybridized carbons (Fsp3) is 0.692. The molecule has 0 bridgehead atoms. The molecule has 5 nitrogen and oxygen atoms in total. The van der Waals surface area contributed by atoms with E-state index in [1.54, 1.807) is 11.3 Å². The predicted molar refractivity (Wildman–Crippen MR) is 77.6 cm³/mol. The number of nitrogens with one attached hydrogen (secondary N) is 2. The first kappa shape index (κ1) is 15.9. The van der Waals surface area contributed by atoms with Gasteiger partial charge in [0.15, 0.2) is 0 Å². The Morgan fingerprint density at radius 2 is 2.21 bits per heavy atom. The standard InChI is InChI=1S/C13H23N3O2S/c1-4-11(6-8-17)16-13(18)14-7-5-12-9(2)15-10(3)19-12/h11,17H,4-8H2,1-3H3,(H2,14,16,18). The van der Waals surface area contributed by atoms with Crippen LogP contribution in [0.4, 0.5) is 4.79 Å². The summed E-state index contributed by atoms with van der Waals surface area (Å²) >= 11 is 1.68. The minimum Gasteiger partial charge on any atom is -0.396 e. The van der Waals surface area contributed by atoms with Crippen LogP contribution < -0.4 is 10.6 Å². The van der Waals surface area contributed by atoms with E-state index >= 15 is 0 Å². The molecule has 0 spiro atoms. The summed E-state index contributed by atoms with van der Waals surface area (Å²) in [6, 6.07) is -0.128. The van der Waals surface area contributed by atoms with Gasteiger partial charge in [-0.2, -0.15) is 0 Å². The lowest BCUT2D eigenvalue weighted by atomic mass is 10.2. The number of nitrogens with zero attached hydrogens (tertiary/aromatic N) is 1. The van der Waals surface area contributed by atoms with Gasteiger partial charge < -0.3 is 15.7 Å². The van der Waals surface area contributed by atoms with E-state index in [4.69, 9.17) is 5.11 Å². The third-order valence-electron chi connectivity index (χ3n) is 2.94. The van der Waals surface area contributed by atoms with Crippen molar-refractivity contribution in [2.45, 2.75) is 46.1 Å². The van der Waals surface area contributed by atoms with Crippen molar-refractivity contribution < 1.29 is 9.90 Å². The summed E-state index contributed by atoms with van der Waals surface area (Å²) in [6.45, 7) is 6.67. The Bertz CT molecular complexity index is 407. The SMILES string of the molecule is CCC(CCO)NC(=O)NCCc1sc(C)nc1C. The Morgan fingerprint density at radius 3 is 2.74 bits per heavy atom. The summed E-state index contributed by atoms with van der Waals surface area (Å²) in [5, 5.41) is 15.6. The number of amides is 2. The van der Waals surface area contributed by atoms with Gasteiger partial charge in [-0.25, -0.2) is 9.78 Å². The second kappa shape index (κ2) is 8.12. The third-order valence-corrected chi connectivity index (χ3v) is 4.08. The molecule has 0 saturated heterocycles. The number of carbonyl (C=O) groups is 1. The Hall–Kier alpha value is -1.14. The van der Waals surface area contributed by atoms with Crippen LogP contribution in [-0.2, 0) is 6.42 Å². The van der Waals surface area contributed by atoms with Crippen molar-refractivity contribution in [2.75, 3.05) is 13.2 Å². The number of thiazole rings is 1. The van der Waals surface area contributed by atoms with Gasteiger partial charge >= 0.3 is 6.03 Å². The molecule has 0 aliphatic heterocycles. The molecule has 1 aromatic heterocycles. The van der Waals surface area contributed by atoms with Gasteiger partial charge in [0.25, 0.3) is 0 Å². The van der Waals surface area contributed by atoms with Crippen LogP contribution in [0, 0.1) is 13.8 Å². The molecule has 3 N–H and O–H groups in total. The van der Waals surface area contributed by atoms with Crippen molar-refractivity contribution >= 4 is 17.4 Å². The molecule has 1 aromatic rings. The number of rotatable bonds is 7. The number of urea groups is 1. The largest absolute Gasteiger partial charge is 0.396 e. The maximum atomic E-state index is 11.7. The van der Waals surface area contributed by atoms with Gasteiger partial charge in [0.2, 0.25) is 0 Å². The van der Waals surface area contributed by atoms with E-state index in [2.05, 4.69) is 15.6 Å². The molecule has 0 fully saturated rings. The van der Waals surface area contributed by atoms with E-state index < -0.39 is 0 Å². The molecule has 0 saturated carbocycles. The highest BCUT2D eigenvalue weighted by molar-refractivity contribution is 7.11. The zero-order chi connectivity index (χ0) is 14.3. The van der Waals surface area contributed by atoms with Crippen molar-refractivity contribution in [1.29, 1.82) is 0 Å². The molecule has 2 amide bonds. The molecule has 19 heavy (non-hydrogen) atoms. The van der Waals surface area contributed by atoms with Gasteiger partial charge in [-0.05, 0) is 26.7 Å². The second-order valence-corrected chi connectivity index (χ2v) is 5.80. The van der Waals surface area contributed by atoms with Gasteiger partial charge in [0, 0.05) is 30.5 Å². The topological polar surface area (TPSA) is 74.2 Å². The minimum absolute atomic E-state index is 0.0392. The normalized spacial score (nSPS) is 12.2. The van der Waals surface area contributed by atoms with Crippen LogP contribution in [0.3, 0.4) is 0 Å². The molecule has 1 rings (SSSR count). The van der Waals surface area contributed by atoms with Gasteiger partial charge in [0.05, 0.1) is 10.7 Å². The van der Waals surface area contributed by atoms with Gasteiger partial charge in [-0.3, -0.25) is 0 Å². The summed E-state index contributed by atoms with van der Waals surface area (Å²) in [7, 11) is 0. The first-order chi connectivity index (χ1) is 9.06. The van der Waals surface area contributed by atoms with Gasteiger partial charge in [0.1, 0.15) is 0 Å². The predicted octanol–water partition coefficient (Wildman–Crippen LogP) is 1.76. The van der Waals surface area contributed by atoms with Crippen molar-refractivity contribution in [2.24, 2.45) is 0 Å². The Labute approximate surface area is 118 Å². The fourth-order valence-corrected chi connectivity index (χ4v) is 2.80. The van der Waals surface area contributed by atoms with Gasteiger partial charge in [-0.1, -0.05) is 6.92 Å². The molecule has 6 heteroatoms. The molecule has 0 aromatic carbocycles. The van der Waals surface area contributed by atoms with Crippen LogP contribution in [0.5, 0.6) is 0 Å². The first-order valence-electron chi connectivity index (χ1n) is 6.65. The van der Waals surface area contributed by atoms with Crippen LogP contribution in [-0.4, -0.2) is 35.3 Å². The number of hydrogen-bond donors (Lipinski definition) is 3. The lowest BCUT2D eigenvalue weighted by Crippen LogP contribution is -2.42. The smallest absolute Gasteiger partial charge is 0.315 e. The van der Waals surface area contributed by atoms with E-state index in [1.807, 2.05) is 20.8 Å². The first-order valence-corrected chi connectivity index (χ1v) is 7.46. The van der Waals surface area contributed by atoms with Crippen molar-refractivity contribution in [3.05, 3.63) is 15.6 Å². The summed E-state index contributed by atoms with van der Waals surface area (Å²) in [6.07, 6.45) is 2.22. The molecule has 1 heterocycles. The molecule has 1 atom stereocenters. The number of aromatic nitrogens is 1. The van der Waals surface area contributed by atoms with E-state index in [0.29, 0.717) is 13.0 Å². The van der Waals surface area contributed by atoms with Crippen LogP contribution in [0.25, 0.3) is 0 Å². The van der Waals surface area contributed by atoms with Crippen molar-refractivity contribution in [3.63, 3.8) is 0 Å². The van der Waals surface area contributed by atoms with E-state index in [-0.39, 0.29) is 18.7 Å². The van der Waals surface area contributed by atoms with E-state index in [9.17, 15) is 4.79 Å². The number of carbonyl (C=O) groups excluding carboxylic acids is 1. The highest BCUT2D eigenvalue weighted by Gasteiger charge is 2.10. The van der Waals surface area contributed by atoms with Crippen LogP contribution in [0.1, 0.15) is 35.3 Å². The van der Waals surface area contributed by atoms with Crippen LogP contribution >= 0.6 is 11.3 Å². The minimum atomic E-state index is -0.167. The summed E-state index contributed by atoms with van der Waals surface area (Å²) in [5.74, 6) is 0. The highest BCUT2D eigenvalue weighted by atomic mass is 32.1. The maximum absolute atomic E-state index is 11.7. The lowest BCUT2D eigenvalue weighted by molar-refractivity contribution is 0.228. The monoisotopic (exact) mass is 285 g/mol. The number of aliphatic hydroxyl groups excluding tert-OH is 1. The van der Waals surface area contributed by atoms with Crippen molar-refractivity contribution in [1.82, 2.24) is 15.6 Å². The zero-order valence-corrected chi connectivity index (χ0v) is 12.6. The molecule has 108 valence electrons. The third kappa shape index (κ3) is 5.57. The lowest BCUT2D eigenvalue weighted by Gasteiger charge is -2.16. The molecule has 0 radical (unpaired) electrons. The molecule has 0 aliphatic rings. The highest BCUT2D eigenvalue weighted by Crippen LogP contribution is 2.16. The van der Waals surface area contributed by atoms with Crippen molar-refractivity contribution in [3.8, 4) is 0 Å². The Morgan fingerprint density at radius 1 is 1.47 bits per heavy atom. The Kier molecular flexibility index (Phi) is 6.80. The summed E-state index contributed by atoms with van der Waals surface area (Å²) in [4.78, 5) is 17.2. The maximum Gasteiger partial charge on any atom is 0.315 e. The molecular formula is C13H23N3O2S. The average molecular weight is 285 g/mol. The molecular weight excluding hydrogens is 262 g/mol. The van der Waals surface area contributed by atoms with Crippen LogP contribution in [0.15, 0.2) is 0 Å². The van der Waals surface area contributed by atoms with E-state index in [0.717, 1.165) is 23.5 Å². The second-order valence-electron chi connectivity index (χ2n) is 4.51. The van der Waals surface area contributed by atoms with E-state index in [1.165, 1.54) is 4.88 Å². The fourth-order valence-electron chi connectivity index (χ4n) is 1.87. The zero-order valence-electron chi connectivity index (χ0n) is 11.8. The number of hydrogen-bond acceptors (Lipinski definition) is 4. The average Bonchev–Trinajstić information content (AvgIpc) is 2.67. The molecule has 1 unspecified atom stereocenters. The van der Waals surface area contributed by atoms with Gasteiger partial charge in [-0.15, -0.1) is 11.3 Å².